The van der Waals surface area contributed by atoms with E-state index in [9.17, 15) is 23.6 Å². The number of nitrogens with zero attached hydrogens (tertiary/aromatic N) is 2. The highest BCUT2D eigenvalue weighted by molar-refractivity contribution is 5.99. The first-order valence-corrected chi connectivity index (χ1v) is 13.4. The molecule has 3 atom stereocenters. The van der Waals surface area contributed by atoms with Crippen molar-refractivity contribution in [1.82, 2.24) is 15.5 Å². The van der Waals surface area contributed by atoms with E-state index in [-0.39, 0.29) is 42.1 Å². The van der Waals surface area contributed by atoms with Crippen molar-refractivity contribution in [1.29, 1.82) is 0 Å². The lowest BCUT2D eigenvalue weighted by atomic mass is 9.86. The summed E-state index contributed by atoms with van der Waals surface area (Å²) >= 11 is 0. The molecule has 39 heavy (non-hydrogen) atoms. The molecular weight excluding hydrogens is 503 g/mol. The fourth-order valence-corrected chi connectivity index (χ4v) is 4.52. The number of Topliss-reactive ketones (excluding diaryl/α,β-unsaturated/α-hetero) is 1. The molecule has 1 aliphatic heterocycles. The van der Waals surface area contributed by atoms with Gasteiger partial charge in [-0.1, -0.05) is 46.8 Å². The Hall–Kier alpha value is -3.50. The van der Waals surface area contributed by atoms with Crippen LogP contribution in [0.3, 0.4) is 0 Å². The van der Waals surface area contributed by atoms with E-state index in [1.165, 1.54) is 4.90 Å². The van der Waals surface area contributed by atoms with Gasteiger partial charge < -0.3 is 27.0 Å². The van der Waals surface area contributed by atoms with Crippen LogP contribution in [0.15, 0.2) is 29.3 Å². The number of alkyl halides is 1. The monoisotopic (exact) mass is 546 g/mol. The van der Waals surface area contributed by atoms with Crippen LogP contribution in [0.2, 0.25) is 0 Å². The van der Waals surface area contributed by atoms with Crippen molar-refractivity contribution in [3.05, 3.63) is 35.4 Å². The van der Waals surface area contributed by atoms with Crippen LogP contribution in [0.5, 0.6) is 0 Å². The van der Waals surface area contributed by atoms with Crippen LogP contribution < -0.4 is 22.1 Å². The molecule has 1 aliphatic rings. The number of benzene rings is 1. The minimum atomic E-state index is -1.22. The van der Waals surface area contributed by atoms with Gasteiger partial charge in [0, 0.05) is 18.7 Å². The predicted octanol–water partition coefficient (Wildman–Crippen LogP) is 1.81. The molecule has 0 bridgehead atoms. The Morgan fingerprint density at radius 2 is 1.74 bits per heavy atom. The van der Waals surface area contributed by atoms with Crippen molar-refractivity contribution in [2.75, 3.05) is 19.8 Å². The number of hydrogen-bond acceptors (Lipinski definition) is 5. The minimum absolute atomic E-state index is 0.0585. The third kappa shape index (κ3) is 9.04. The molecule has 216 valence electrons. The molecule has 0 aliphatic carbocycles. The number of nitrogens with two attached hydrogens (primary N) is 2. The van der Waals surface area contributed by atoms with E-state index in [0.717, 1.165) is 5.56 Å². The van der Waals surface area contributed by atoms with Gasteiger partial charge in [0.05, 0.1) is 6.04 Å². The smallest absolute Gasteiger partial charge is 0.251 e. The van der Waals surface area contributed by atoms with E-state index in [2.05, 4.69) is 36.4 Å². The SMILES string of the molecule is CC(C)C(NC(=O)c1ccc(C(C)(C)C)cc1)C(=O)N1CCC[C@H]1C(=O)N[C@@H](CCCN=C(N)N)C(=O)CF. The molecular formula is C28H43FN6O4. The van der Waals surface area contributed by atoms with E-state index in [1.54, 1.807) is 12.1 Å². The Labute approximate surface area is 230 Å². The standard InChI is InChI=1S/C28H43FN6O4/c1-17(2)23(34-24(37)18-10-12-19(13-11-18)28(3,4)5)26(39)35-15-7-9-21(35)25(38)33-20(22(36)16-29)8-6-14-32-27(30)31/h10-13,17,20-21,23H,6-9,14-16H2,1-5H3,(H,33,38)(H,34,37)(H4,30,31,32)/t20-,21-,23?/m0/s1. The van der Waals surface area contributed by atoms with Crippen molar-refractivity contribution < 1.29 is 23.6 Å². The first-order valence-electron chi connectivity index (χ1n) is 13.4. The zero-order chi connectivity index (χ0) is 29.3. The normalized spacial score (nSPS) is 16.9. The number of aliphatic imine (C=N–C) groups is 1. The predicted molar refractivity (Wildman–Crippen MR) is 149 cm³/mol. The molecule has 1 aromatic carbocycles. The number of carbonyl (C=O) groups excluding carboxylic acids is 4. The second kappa shape index (κ2) is 14.0. The fraction of sp³-hybridized carbons (Fsp3) is 0.607. The number of ketones is 1. The highest BCUT2D eigenvalue weighted by Gasteiger charge is 2.39. The molecule has 0 saturated carbocycles. The maximum Gasteiger partial charge on any atom is 0.251 e. The Morgan fingerprint density at radius 3 is 2.28 bits per heavy atom. The quantitative estimate of drug-likeness (QED) is 0.178. The first kappa shape index (κ1) is 31.7. The second-order valence-corrected chi connectivity index (χ2v) is 11.3. The summed E-state index contributed by atoms with van der Waals surface area (Å²) in [6, 6.07) is 4.54. The van der Waals surface area contributed by atoms with Crippen molar-refractivity contribution in [2.45, 2.75) is 83.8 Å². The molecule has 1 unspecified atom stereocenters. The summed E-state index contributed by atoms with van der Waals surface area (Å²) in [4.78, 5) is 57.1. The Morgan fingerprint density at radius 1 is 1.10 bits per heavy atom. The molecule has 1 heterocycles. The summed E-state index contributed by atoms with van der Waals surface area (Å²) in [7, 11) is 0. The number of rotatable bonds is 12. The van der Waals surface area contributed by atoms with E-state index in [0.29, 0.717) is 31.4 Å². The summed E-state index contributed by atoms with van der Waals surface area (Å²) in [6.45, 7) is 9.24. The van der Waals surface area contributed by atoms with Gasteiger partial charge in [-0.25, -0.2) is 4.39 Å². The van der Waals surface area contributed by atoms with Gasteiger partial charge in [-0.15, -0.1) is 0 Å². The van der Waals surface area contributed by atoms with Crippen molar-refractivity contribution >= 4 is 29.5 Å². The van der Waals surface area contributed by atoms with E-state index in [4.69, 9.17) is 11.5 Å². The van der Waals surface area contributed by atoms with E-state index >= 15 is 0 Å². The maximum absolute atomic E-state index is 13.6. The lowest BCUT2D eigenvalue weighted by Gasteiger charge is -2.31. The molecule has 1 aromatic rings. The summed E-state index contributed by atoms with van der Waals surface area (Å²) in [5.74, 6) is -2.37. The Bertz CT molecular complexity index is 1050. The topological polar surface area (TPSA) is 160 Å². The van der Waals surface area contributed by atoms with Crippen molar-refractivity contribution in [3.63, 3.8) is 0 Å². The molecule has 0 aromatic heterocycles. The summed E-state index contributed by atoms with van der Waals surface area (Å²) < 4.78 is 13.2. The highest BCUT2D eigenvalue weighted by Crippen LogP contribution is 2.23. The van der Waals surface area contributed by atoms with E-state index in [1.807, 2.05) is 26.0 Å². The fourth-order valence-electron chi connectivity index (χ4n) is 4.52. The summed E-state index contributed by atoms with van der Waals surface area (Å²) in [5.41, 5.74) is 12.1. The largest absolute Gasteiger partial charge is 0.370 e. The maximum atomic E-state index is 13.6. The third-order valence-corrected chi connectivity index (χ3v) is 6.85. The highest BCUT2D eigenvalue weighted by atomic mass is 19.1. The molecule has 11 heteroatoms. The number of amides is 3. The molecule has 0 spiro atoms. The Balaban J connectivity index is 2.11. The van der Waals surface area contributed by atoms with Gasteiger partial charge in [0.25, 0.3) is 5.91 Å². The number of halogens is 1. The number of hydrogen-bond donors (Lipinski definition) is 4. The Kier molecular flexibility index (Phi) is 11.4. The minimum Gasteiger partial charge on any atom is -0.370 e. The number of nitrogens with one attached hydrogen (secondary N) is 2. The first-order chi connectivity index (χ1) is 18.3. The van der Waals surface area contributed by atoms with Crippen LogP contribution in [0.4, 0.5) is 4.39 Å². The van der Waals surface area contributed by atoms with Crippen molar-refractivity contribution in [2.24, 2.45) is 22.4 Å². The average Bonchev–Trinajstić information content (AvgIpc) is 3.37. The van der Waals surface area contributed by atoms with Crippen LogP contribution in [-0.2, 0) is 19.8 Å². The lowest BCUT2D eigenvalue weighted by Crippen LogP contribution is -2.56. The summed E-state index contributed by atoms with van der Waals surface area (Å²) in [6.07, 6.45) is 1.50. The van der Waals surface area contributed by atoms with Crippen molar-refractivity contribution in [3.8, 4) is 0 Å². The lowest BCUT2D eigenvalue weighted by molar-refractivity contribution is -0.141. The van der Waals surface area contributed by atoms with Gasteiger partial charge in [-0.3, -0.25) is 24.2 Å². The van der Waals surface area contributed by atoms with Crippen LogP contribution in [0.25, 0.3) is 0 Å². The number of guanidine groups is 1. The van der Waals surface area contributed by atoms with E-state index < -0.39 is 36.5 Å². The molecule has 1 fully saturated rings. The van der Waals surface area contributed by atoms with Crippen LogP contribution in [0.1, 0.15) is 76.2 Å². The van der Waals surface area contributed by atoms with Crippen LogP contribution >= 0.6 is 0 Å². The number of likely N-dealkylation sites (tertiary alicyclic amines) is 1. The third-order valence-electron chi connectivity index (χ3n) is 6.85. The van der Waals surface area contributed by atoms with Gasteiger partial charge in [0.2, 0.25) is 11.8 Å². The zero-order valence-electron chi connectivity index (χ0n) is 23.6. The molecule has 6 N–H and O–H groups in total. The van der Waals surface area contributed by atoms with Gasteiger partial charge in [0.1, 0.15) is 18.8 Å². The van der Waals surface area contributed by atoms with Gasteiger partial charge in [-0.2, -0.15) is 0 Å². The number of carbonyl (C=O) groups is 4. The molecule has 3 amide bonds. The van der Waals surface area contributed by atoms with Gasteiger partial charge in [-0.05, 0) is 54.7 Å². The molecule has 2 rings (SSSR count). The molecule has 10 nitrogen and oxygen atoms in total. The van der Waals surface area contributed by atoms with Crippen LogP contribution in [0, 0.1) is 5.92 Å². The second-order valence-electron chi connectivity index (χ2n) is 11.3. The molecule has 1 saturated heterocycles. The average molecular weight is 547 g/mol. The summed E-state index contributed by atoms with van der Waals surface area (Å²) in [5, 5.41) is 5.45. The molecule has 0 radical (unpaired) electrons. The van der Waals surface area contributed by atoms with Gasteiger partial charge in [0.15, 0.2) is 11.7 Å². The zero-order valence-corrected chi connectivity index (χ0v) is 23.6. The van der Waals surface area contributed by atoms with Gasteiger partial charge >= 0.3 is 0 Å². The van der Waals surface area contributed by atoms with Crippen LogP contribution in [-0.4, -0.2) is 72.3 Å².